The minimum atomic E-state index is 0.958. The van der Waals surface area contributed by atoms with Crippen LogP contribution in [0.2, 0.25) is 0 Å². The second-order valence-corrected chi connectivity index (χ2v) is 24.0. The Hall–Kier alpha value is -6.10. The van der Waals surface area contributed by atoms with Crippen molar-refractivity contribution < 1.29 is 18.3 Å². The molecule has 0 fully saturated rings. The van der Waals surface area contributed by atoms with Gasteiger partial charge in [0.05, 0.1) is 22.8 Å². The van der Waals surface area contributed by atoms with Crippen molar-refractivity contribution in [2.45, 2.75) is 168 Å². The van der Waals surface area contributed by atoms with Crippen LogP contribution in [0.4, 0.5) is 0 Å². The molecule has 0 radical (unpaired) electrons. The van der Waals surface area contributed by atoms with Crippen LogP contribution in [0.25, 0.3) is 45.0 Å². The average molecular weight is 1080 g/mol. The number of hydrogen-bond donors (Lipinski definition) is 0. The molecule has 8 aromatic heterocycles. The molecular weight excluding hydrogens is 993 g/mol. The first-order valence-corrected chi connectivity index (χ1v) is 32.0. The molecule has 8 aromatic rings. The topological polar surface area (TPSA) is 67.1 Å². The molecule has 10 heteroatoms. The Morgan fingerprint density at radius 3 is 0.885 bits per heavy atom. The van der Waals surface area contributed by atoms with E-state index in [1.807, 2.05) is 36.9 Å². The summed E-state index contributed by atoms with van der Waals surface area (Å²) in [5.74, 6) is 2.54. The minimum Gasteiger partial charge on any atom is -0.255 e. The number of hydrogen-bond acceptors (Lipinski definition) is 6. The summed E-state index contributed by atoms with van der Waals surface area (Å²) in [6.45, 7) is 8.54. The molecule has 8 rings (SSSR count). The molecule has 0 saturated carbocycles. The molecule has 0 bridgehead atoms. The predicted octanol–water partition coefficient (Wildman–Crippen LogP) is 15.3. The molecular formula is C68H86N8S2+4. The van der Waals surface area contributed by atoms with Crippen LogP contribution >= 0.6 is 21.6 Å². The minimum absolute atomic E-state index is 0.958. The second-order valence-electron chi connectivity index (χ2n) is 21.3. The van der Waals surface area contributed by atoms with Crippen LogP contribution in [-0.2, 0) is 39.0 Å². The van der Waals surface area contributed by atoms with Gasteiger partial charge >= 0.3 is 0 Å². The second kappa shape index (κ2) is 33.4. The van der Waals surface area contributed by atoms with Crippen molar-refractivity contribution in [1.29, 1.82) is 0 Å². The molecule has 0 saturated heterocycles. The number of aryl methyl sites for hydroxylation is 8. The van der Waals surface area contributed by atoms with Crippen molar-refractivity contribution in [2.24, 2.45) is 0 Å². The van der Waals surface area contributed by atoms with Crippen molar-refractivity contribution in [3.8, 4) is 45.0 Å². The van der Waals surface area contributed by atoms with Crippen molar-refractivity contribution in [2.75, 3.05) is 11.5 Å². The normalized spacial score (nSPS) is 11.4. The van der Waals surface area contributed by atoms with Gasteiger partial charge in [0.1, 0.15) is 26.2 Å². The van der Waals surface area contributed by atoms with Crippen LogP contribution in [0, 0.1) is 13.8 Å². The van der Waals surface area contributed by atoms with Gasteiger partial charge < -0.3 is 0 Å². The molecule has 0 amide bonds. The predicted molar refractivity (Wildman–Crippen MR) is 324 cm³/mol. The first-order valence-electron chi connectivity index (χ1n) is 29.5. The van der Waals surface area contributed by atoms with Crippen LogP contribution in [0.1, 0.15) is 138 Å². The van der Waals surface area contributed by atoms with Crippen LogP contribution in [0.3, 0.4) is 0 Å². The zero-order chi connectivity index (χ0) is 53.7. The fraction of sp³-hybridized carbons (Fsp3) is 0.412. The third-order valence-corrected chi connectivity index (χ3v) is 17.4. The van der Waals surface area contributed by atoms with Gasteiger partial charge in [-0.1, -0.05) is 60.1 Å². The van der Waals surface area contributed by atoms with E-state index in [1.165, 1.54) is 172 Å². The zero-order valence-corrected chi connectivity index (χ0v) is 48.6. The maximum atomic E-state index is 4.56. The van der Waals surface area contributed by atoms with Gasteiger partial charge in [0.25, 0.3) is 0 Å². The van der Waals surface area contributed by atoms with Crippen molar-refractivity contribution in [3.63, 3.8) is 0 Å². The summed E-state index contributed by atoms with van der Waals surface area (Å²) in [6, 6.07) is 35.1. The molecule has 0 spiro atoms. The van der Waals surface area contributed by atoms with Crippen molar-refractivity contribution in [1.82, 2.24) is 19.9 Å². The number of aromatic nitrogens is 8. The Morgan fingerprint density at radius 2 is 0.564 bits per heavy atom. The first-order chi connectivity index (χ1) is 38.5. The molecule has 0 atom stereocenters. The van der Waals surface area contributed by atoms with Gasteiger partial charge in [-0.3, -0.25) is 19.9 Å². The van der Waals surface area contributed by atoms with Crippen LogP contribution in [0.15, 0.2) is 171 Å². The molecule has 0 aliphatic heterocycles. The van der Waals surface area contributed by atoms with Crippen molar-refractivity contribution >= 4 is 21.6 Å². The summed E-state index contributed by atoms with van der Waals surface area (Å²) < 4.78 is 9.36. The van der Waals surface area contributed by atoms with E-state index >= 15 is 0 Å². The van der Waals surface area contributed by atoms with Crippen LogP contribution in [0.5, 0.6) is 0 Å². The Morgan fingerprint density at radius 1 is 0.295 bits per heavy atom. The van der Waals surface area contributed by atoms with Crippen molar-refractivity contribution in [3.05, 3.63) is 194 Å². The van der Waals surface area contributed by atoms with Gasteiger partial charge in [0.15, 0.2) is 49.6 Å². The molecule has 406 valence electrons. The smallest absolute Gasteiger partial charge is 0.169 e. The number of unbranched alkanes of at least 4 members (excludes halogenated alkanes) is 14. The van der Waals surface area contributed by atoms with E-state index in [2.05, 4.69) is 208 Å². The molecule has 0 aliphatic rings. The molecule has 8 heterocycles. The van der Waals surface area contributed by atoms with E-state index in [0.29, 0.717) is 0 Å². The zero-order valence-electron chi connectivity index (χ0n) is 46.9. The molecule has 8 nitrogen and oxygen atoms in total. The highest BCUT2D eigenvalue weighted by Crippen LogP contribution is 2.25. The quantitative estimate of drug-likeness (QED) is 0.0224. The monoisotopic (exact) mass is 1080 g/mol. The Balaban J connectivity index is 0.575. The molecule has 78 heavy (non-hydrogen) atoms. The highest BCUT2D eigenvalue weighted by molar-refractivity contribution is 8.76. The Labute approximate surface area is 475 Å². The summed E-state index contributed by atoms with van der Waals surface area (Å²) in [4.78, 5) is 18.1. The lowest BCUT2D eigenvalue weighted by Gasteiger charge is -2.05. The molecule has 0 aromatic carbocycles. The summed E-state index contributed by atoms with van der Waals surface area (Å²) in [6.07, 6.45) is 50.7. The first kappa shape index (κ1) is 58.1. The van der Waals surface area contributed by atoms with Gasteiger partial charge in [0.2, 0.25) is 0 Å². The number of rotatable bonds is 35. The SMILES string of the molecule is Cc1ccnc(-c2cc(CCCCCCC[n+]3ccc(-c4cc[n+](CCCCCCSSCCCCCC[n+]5ccc(-c6cc[n+](CCCCCCCc7ccnc(-c8cc(C)ccn8)c7)cc6)cc5)cc4)cc3)ccn2)c1. The highest BCUT2D eigenvalue weighted by atomic mass is 33.1. The van der Waals surface area contributed by atoms with E-state index in [-0.39, 0.29) is 0 Å². The lowest BCUT2D eigenvalue weighted by molar-refractivity contribution is -0.697. The maximum absolute atomic E-state index is 4.56. The Kier molecular flexibility index (Phi) is 24.8. The third kappa shape index (κ3) is 20.6. The molecule has 0 aliphatic carbocycles. The summed E-state index contributed by atoms with van der Waals surface area (Å²) in [5, 5.41) is 0. The van der Waals surface area contributed by atoms with E-state index in [0.717, 1.165) is 61.8 Å². The standard InChI is InChI=1S/C68H86N8S2/c1-57-23-35-69-65(53-57)67-55-59(25-37-71-67)21-13-5-3-7-15-39-73-43-27-61(28-44-73)63-31-47-75(48-32-63)41-17-9-11-19-51-77-78-52-20-12-10-18-42-76-49-33-64(34-50-76)62-29-45-74(46-30-62)40-16-8-4-6-14-22-60-26-38-72-68(56-60)66-54-58(2)24-36-70-66/h23-38,43-50,53-56H,3-22,39-42,51-52H2,1-2H3/q+4. The van der Waals surface area contributed by atoms with Crippen LogP contribution in [-0.4, -0.2) is 31.4 Å². The van der Waals surface area contributed by atoms with E-state index in [9.17, 15) is 0 Å². The Bertz CT molecular complexity index is 2740. The number of nitrogens with zero attached hydrogens (tertiary/aromatic N) is 8. The maximum Gasteiger partial charge on any atom is 0.169 e. The van der Waals surface area contributed by atoms with E-state index in [1.54, 1.807) is 0 Å². The van der Waals surface area contributed by atoms with Gasteiger partial charge in [0, 0.05) is 111 Å². The molecule has 0 N–H and O–H groups in total. The lowest BCUT2D eigenvalue weighted by Crippen LogP contribution is -2.33. The summed E-state index contributed by atoms with van der Waals surface area (Å²) in [7, 11) is 4.16. The largest absolute Gasteiger partial charge is 0.255 e. The average Bonchev–Trinajstić information content (AvgIpc) is 3.48. The summed E-state index contributed by atoms with van der Waals surface area (Å²) >= 11 is 0. The fourth-order valence-electron chi connectivity index (χ4n) is 10.1. The summed E-state index contributed by atoms with van der Waals surface area (Å²) in [5.41, 5.74) is 14.1. The number of pyridine rings is 8. The van der Waals surface area contributed by atoms with Gasteiger partial charge in [-0.2, -0.15) is 0 Å². The lowest BCUT2D eigenvalue weighted by atomic mass is 10.0. The van der Waals surface area contributed by atoms with E-state index in [4.69, 9.17) is 0 Å². The highest BCUT2D eigenvalue weighted by Gasteiger charge is 2.10. The third-order valence-electron chi connectivity index (χ3n) is 14.9. The van der Waals surface area contributed by atoms with Gasteiger partial charge in [-0.05, 0) is 171 Å². The fourth-order valence-corrected chi connectivity index (χ4v) is 12.4. The van der Waals surface area contributed by atoms with Gasteiger partial charge in [-0.25, -0.2) is 18.3 Å². The van der Waals surface area contributed by atoms with E-state index < -0.39 is 0 Å². The van der Waals surface area contributed by atoms with Gasteiger partial charge in [-0.15, -0.1) is 0 Å². The molecule has 0 unspecified atom stereocenters. The van der Waals surface area contributed by atoms with Crippen LogP contribution < -0.4 is 18.3 Å².